The van der Waals surface area contributed by atoms with Crippen LogP contribution < -0.4 is 15.8 Å². The summed E-state index contributed by atoms with van der Waals surface area (Å²) in [4.78, 5) is 11.1. The Labute approximate surface area is 96.0 Å². The number of anilines is 2. The third-order valence-electron chi connectivity index (χ3n) is 1.67. The molecule has 1 heterocycles. The molecular weight excluding hydrogens is 236 g/mol. The summed E-state index contributed by atoms with van der Waals surface area (Å²) in [7, 11) is 0. The van der Waals surface area contributed by atoms with Crippen LogP contribution in [0.25, 0.3) is 0 Å². The van der Waals surface area contributed by atoms with Gasteiger partial charge in [0.15, 0.2) is 0 Å². The zero-order valence-electron chi connectivity index (χ0n) is 9.10. The molecule has 4 N–H and O–H groups in total. The first-order valence-electron chi connectivity index (χ1n) is 4.87. The van der Waals surface area contributed by atoms with E-state index in [0.29, 0.717) is 6.61 Å². The van der Waals surface area contributed by atoms with Gasteiger partial charge in [0.05, 0.1) is 6.61 Å². The molecule has 0 amide bonds. The van der Waals surface area contributed by atoms with E-state index in [-0.39, 0.29) is 17.9 Å². The van der Waals surface area contributed by atoms with Gasteiger partial charge in [-0.05, 0) is 6.92 Å². The minimum atomic E-state index is -2.84. The Morgan fingerprint density at radius 2 is 2.12 bits per heavy atom. The number of rotatable bonds is 6. The number of halogens is 2. The lowest BCUT2D eigenvalue weighted by molar-refractivity contribution is 0.00376. The highest BCUT2D eigenvalue weighted by atomic mass is 19.3. The van der Waals surface area contributed by atoms with Gasteiger partial charge < -0.3 is 20.9 Å². The number of nitrogen functional groups attached to an aromatic ring is 1. The largest absolute Gasteiger partial charge is 0.464 e. The zero-order chi connectivity index (χ0) is 12.8. The Morgan fingerprint density at radius 1 is 1.41 bits per heavy atom. The van der Waals surface area contributed by atoms with Crippen LogP contribution in [0, 0.1) is 0 Å². The van der Waals surface area contributed by atoms with Gasteiger partial charge in [-0.1, -0.05) is 0 Å². The van der Waals surface area contributed by atoms with E-state index >= 15 is 0 Å². The molecule has 7 nitrogen and oxygen atoms in total. The van der Waals surface area contributed by atoms with Crippen LogP contribution in [0.3, 0.4) is 0 Å². The van der Waals surface area contributed by atoms with Crippen LogP contribution in [0.4, 0.5) is 20.7 Å². The van der Waals surface area contributed by atoms with E-state index < -0.39 is 19.1 Å². The quantitative estimate of drug-likeness (QED) is 0.645. The van der Waals surface area contributed by atoms with Crippen LogP contribution in [0.15, 0.2) is 0 Å². The van der Waals surface area contributed by atoms with Gasteiger partial charge in [0.1, 0.15) is 6.10 Å². The molecule has 0 saturated carbocycles. The molecule has 0 aromatic carbocycles. The molecule has 0 aliphatic heterocycles. The van der Waals surface area contributed by atoms with Crippen molar-refractivity contribution in [1.82, 2.24) is 15.0 Å². The lowest BCUT2D eigenvalue weighted by Crippen LogP contribution is -2.27. The van der Waals surface area contributed by atoms with E-state index in [1.807, 2.05) is 0 Å². The average molecular weight is 249 g/mol. The monoisotopic (exact) mass is 249 g/mol. The minimum Gasteiger partial charge on any atom is -0.464 e. The maximum absolute atomic E-state index is 12.0. The molecule has 0 saturated heterocycles. The number of aromatic nitrogens is 3. The molecule has 17 heavy (non-hydrogen) atoms. The van der Waals surface area contributed by atoms with Crippen LogP contribution in [0.1, 0.15) is 6.92 Å². The summed E-state index contributed by atoms with van der Waals surface area (Å²) in [5.41, 5.74) is 5.36. The van der Waals surface area contributed by atoms with Crippen molar-refractivity contribution in [2.45, 2.75) is 19.5 Å². The molecular formula is C8H13F2N5O2. The number of aliphatic hydroxyl groups is 1. The molecule has 0 spiro atoms. The maximum Gasteiger partial charge on any atom is 0.323 e. The van der Waals surface area contributed by atoms with Gasteiger partial charge in [-0.25, -0.2) is 8.78 Å². The Hall–Kier alpha value is -1.77. The first kappa shape index (κ1) is 13.3. The first-order chi connectivity index (χ1) is 8.02. The normalized spacial score (nSPS) is 12.5. The van der Waals surface area contributed by atoms with Crippen LogP contribution in [-0.4, -0.2) is 45.7 Å². The first-order valence-corrected chi connectivity index (χ1v) is 4.87. The van der Waals surface area contributed by atoms with Crippen molar-refractivity contribution in [2.75, 3.05) is 24.2 Å². The summed E-state index contributed by atoms with van der Waals surface area (Å²) in [6.45, 7) is 1.67. The topological polar surface area (TPSA) is 106 Å². The van der Waals surface area contributed by atoms with Gasteiger partial charge in [-0.2, -0.15) is 15.0 Å². The van der Waals surface area contributed by atoms with Crippen LogP contribution in [0.5, 0.6) is 6.01 Å². The zero-order valence-corrected chi connectivity index (χ0v) is 9.10. The van der Waals surface area contributed by atoms with Gasteiger partial charge in [0.2, 0.25) is 11.9 Å². The minimum absolute atomic E-state index is 0.00552. The molecule has 0 bridgehead atoms. The fraction of sp³-hybridized carbons (Fsp3) is 0.625. The molecule has 0 aliphatic carbocycles. The lowest BCUT2D eigenvalue weighted by Gasteiger charge is -2.11. The summed E-state index contributed by atoms with van der Waals surface area (Å²) in [6, 6.07) is -0.00552. The molecule has 1 aromatic rings. The maximum atomic E-state index is 12.0. The summed E-state index contributed by atoms with van der Waals surface area (Å²) >= 11 is 0. The fourth-order valence-electron chi connectivity index (χ4n) is 0.930. The van der Waals surface area contributed by atoms with E-state index in [0.717, 1.165) is 0 Å². The Kier molecular flexibility index (Phi) is 4.76. The van der Waals surface area contributed by atoms with Gasteiger partial charge in [-0.3, -0.25) is 0 Å². The highest BCUT2D eigenvalue weighted by molar-refractivity contribution is 5.32. The van der Waals surface area contributed by atoms with Crippen molar-refractivity contribution in [2.24, 2.45) is 0 Å². The van der Waals surface area contributed by atoms with Gasteiger partial charge in [-0.15, -0.1) is 0 Å². The Bertz CT molecular complexity index is 366. The molecule has 96 valence electrons. The summed E-state index contributed by atoms with van der Waals surface area (Å²) in [5.74, 6) is -0.127. The van der Waals surface area contributed by atoms with Gasteiger partial charge in [0.25, 0.3) is 6.43 Å². The predicted octanol–water partition coefficient (Wildman–Crippen LogP) is -0.110. The molecule has 1 atom stereocenters. The summed E-state index contributed by atoms with van der Waals surface area (Å²) in [5, 5.41) is 11.3. The molecule has 1 aromatic heterocycles. The van der Waals surface area contributed by atoms with Crippen LogP contribution >= 0.6 is 0 Å². The molecule has 0 fully saturated rings. The number of nitrogens with one attached hydrogen (secondary N) is 1. The number of nitrogens with zero attached hydrogens (tertiary/aromatic N) is 3. The van der Waals surface area contributed by atoms with Crippen molar-refractivity contribution < 1.29 is 18.6 Å². The number of hydrogen-bond acceptors (Lipinski definition) is 7. The van der Waals surface area contributed by atoms with Gasteiger partial charge >= 0.3 is 6.01 Å². The summed E-state index contributed by atoms with van der Waals surface area (Å²) < 4.78 is 29.0. The fourth-order valence-corrected chi connectivity index (χ4v) is 0.930. The summed E-state index contributed by atoms with van der Waals surface area (Å²) in [6.07, 6.45) is -4.64. The van der Waals surface area contributed by atoms with Crippen molar-refractivity contribution in [1.29, 1.82) is 0 Å². The second-order valence-corrected chi connectivity index (χ2v) is 3.02. The third kappa shape index (κ3) is 4.31. The second-order valence-electron chi connectivity index (χ2n) is 3.02. The lowest BCUT2D eigenvalue weighted by atomic mass is 10.4. The standard InChI is InChI=1S/C8H13F2N5O2/c1-2-17-8-14-6(11)13-7(15-8)12-3-4(16)5(9)10/h4-5,16H,2-3H2,1H3,(H3,11,12,13,14,15). The number of hydrogen-bond donors (Lipinski definition) is 3. The van der Waals surface area contributed by atoms with E-state index in [4.69, 9.17) is 15.6 Å². The van der Waals surface area contributed by atoms with Crippen molar-refractivity contribution >= 4 is 11.9 Å². The van der Waals surface area contributed by atoms with Gasteiger partial charge in [0, 0.05) is 6.54 Å². The molecule has 1 rings (SSSR count). The smallest absolute Gasteiger partial charge is 0.323 e. The number of ether oxygens (including phenoxy) is 1. The Balaban J connectivity index is 2.64. The second kappa shape index (κ2) is 6.09. The number of aliphatic hydroxyl groups excluding tert-OH is 1. The number of nitrogens with two attached hydrogens (primary N) is 1. The highest BCUT2D eigenvalue weighted by Gasteiger charge is 2.17. The molecule has 0 aliphatic rings. The molecule has 0 radical (unpaired) electrons. The third-order valence-corrected chi connectivity index (χ3v) is 1.67. The van der Waals surface area contributed by atoms with E-state index in [1.165, 1.54) is 0 Å². The average Bonchev–Trinajstić information content (AvgIpc) is 2.25. The van der Waals surface area contributed by atoms with E-state index in [1.54, 1.807) is 6.92 Å². The SMILES string of the molecule is CCOc1nc(N)nc(NCC(O)C(F)F)n1. The van der Waals surface area contributed by atoms with Crippen LogP contribution in [0.2, 0.25) is 0 Å². The van der Waals surface area contributed by atoms with Crippen LogP contribution in [-0.2, 0) is 0 Å². The number of alkyl halides is 2. The Morgan fingerprint density at radius 3 is 2.71 bits per heavy atom. The molecule has 1 unspecified atom stereocenters. The van der Waals surface area contributed by atoms with E-state index in [9.17, 15) is 8.78 Å². The predicted molar refractivity (Wildman–Crippen MR) is 55.9 cm³/mol. The van der Waals surface area contributed by atoms with E-state index in [2.05, 4.69) is 20.3 Å². The molecule has 9 heteroatoms. The van der Waals surface area contributed by atoms with Crippen molar-refractivity contribution in [3.8, 4) is 6.01 Å². The highest BCUT2D eigenvalue weighted by Crippen LogP contribution is 2.09. The van der Waals surface area contributed by atoms with Crippen molar-refractivity contribution in [3.63, 3.8) is 0 Å². The van der Waals surface area contributed by atoms with Crippen molar-refractivity contribution in [3.05, 3.63) is 0 Å².